The molecule has 1 amide bonds. The van der Waals surface area contributed by atoms with Gasteiger partial charge in [0.15, 0.2) is 0 Å². The van der Waals surface area contributed by atoms with Gasteiger partial charge in [0.1, 0.15) is 12.3 Å². The van der Waals surface area contributed by atoms with Crippen LogP contribution >= 0.6 is 11.6 Å². The van der Waals surface area contributed by atoms with Gasteiger partial charge in [-0.05, 0) is 43.3 Å². The first-order chi connectivity index (χ1) is 14.3. The first kappa shape index (κ1) is 21.7. The van der Waals surface area contributed by atoms with Crippen LogP contribution in [0.5, 0.6) is 5.75 Å². The maximum Gasteiger partial charge on any atom is 0.264 e. The monoisotopic (exact) mass is 444 g/mol. The Hall–Kier alpha value is -3.03. The van der Waals surface area contributed by atoms with Crippen LogP contribution in [0.1, 0.15) is 5.56 Å². The van der Waals surface area contributed by atoms with Crippen molar-refractivity contribution in [2.24, 2.45) is 0 Å². The first-order valence-electron chi connectivity index (χ1n) is 9.09. The normalized spacial score (nSPS) is 11.0. The third-order valence-electron chi connectivity index (χ3n) is 4.37. The van der Waals surface area contributed by atoms with Gasteiger partial charge < -0.3 is 10.1 Å². The van der Waals surface area contributed by atoms with E-state index in [1.54, 1.807) is 60.7 Å². The number of aryl methyl sites for hydroxylation is 1. The van der Waals surface area contributed by atoms with Crippen LogP contribution in [0.25, 0.3) is 0 Å². The predicted molar refractivity (Wildman–Crippen MR) is 119 cm³/mol. The van der Waals surface area contributed by atoms with Crippen LogP contribution in [-0.2, 0) is 14.8 Å². The van der Waals surface area contributed by atoms with Crippen molar-refractivity contribution in [3.8, 4) is 5.75 Å². The third-order valence-corrected chi connectivity index (χ3v) is 6.46. The molecule has 0 saturated heterocycles. The fourth-order valence-electron chi connectivity index (χ4n) is 2.82. The molecule has 0 aromatic heterocycles. The summed E-state index contributed by atoms with van der Waals surface area (Å²) in [6.45, 7) is 1.42. The highest BCUT2D eigenvalue weighted by Crippen LogP contribution is 2.30. The Labute approximate surface area is 181 Å². The van der Waals surface area contributed by atoms with Gasteiger partial charge in [0, 0.05) is 11.8 Å². The van der Waals surface area contributed by atoms with Crippen molar-refractivity contribution in [2.75, 3.05) is 23.3 Å². The van der Waals surface area contributed by atoms with Crippen LogP contribution in [0.15, 0.2) is 77.7 Å². The van der Waals surface area contributed by atoms with Gasteiger partial charge in [0.25, 0.3) is 10.0 Å². The molecule has 0 saturated carbocycles. The lowest BCUT2D eigenvalue weighted by Crippen LogP contribution is -2.38. The summed E-state index contributed by atoms with van der Waals surface area (Å²) in [6.07, 6.45) is 0. The number of amides is 1. The molecule has 3 aromatic rings. The third kappa shape index (κ3) is 4.93. The van der Waals surface area contributed by atoms with Crippen molar-refractivity contribution in [3.05, 3.63) is 83.4 Å². The summed E-state index contributed by atoms with van der Waals surface area (Å²) in [6, 6.07) is 19.7. The number of benzene rings is 3. The number of nitrogens with one attached hydrogen (secondary N) is 1. The minimum Gasteiger partial charge on any atom is -0.497 e. The van der Waals surface area contributed by atoms with Crippen LogP contribution in [0.2, 0.25) is 5.02 Å². The number of anilines is 2. The molecule has 0 spiro atoms. The highest BCUT2D eigenvalue weighted by atomic mass is 35.5. The number of para-hydroxylation sites is 1. The average molecular weight is 445 g/mol. The van der Waals surface area contributed by atoms with Gasteiger partial charge in [0.05, 0.1) is 22.7 Å². The maximum absolute atomic E-state index is 13.4. The van der Waals surface area contributed by atoms with Crippen LogP contribution in [-0.4, -0.2) is 28.0 Å². The standard InChI is InChI=1S/C22H21ClN2O4S/c1-16-10-12-19(13-11-16)30(27,28)25(21-9-4-3-8-20(21)23)15-22(26)24-17-6-5-7-18(14-17)29-2/h3-14H,15H2,1-2H3,(H,24,26). The second-order valence-electron chi connectivity index (χ2n) is 6.56. The van der Waals surface area contributed by atoms with Crippen molar-refractivity contribution in [1.82, 2.24) is 0 Å². The Morgan fingerprint density at radius 2 is 1.73 bits per heavy atom. The summed E-state index contributed by atoms with van der Waals surface area (Å²) in [5.74, 6) is 0.0573. The van der Waals surface area contributed by atoms with Gasteiger partial charge in [-0.15, -0.1) is 0 Å². The van der Waals surface area contributed by atoms with Crippen LogP contribution in [0.4, 0.5) is 11.4 Å². The Morgan fingerprint density at radius 3 is 2.40 bits per heavy atom. The summed E-state index contributed by atoms with van der Waals surface area (Å²) in [4.78, 5) is 12.8. The highest BCUT2D eigenvalue weighted by molar-refractivity contribution is 7.92. The molecule has 6 nitrogen and oxygen atoms in total. The fourth-order valence-corrected chi connectivity index (χ4v) is 4.55. The van der Waals surface area contributed by atoms with E-state index in [1.807, 2.05) is 6.92 Å². The van der Waals surface area contributed by atoms with Crippen molar-refractivity contribution in [2.45, 2.75) is 11.8 Å². The SMILES string of the molecule is COc1cccc(NC(=O)CN(c2ccccc2Cl)S(=O)(=O)c2ccc(C)cc2)c1. The van der Waals surface area contributed by atoms with Crippen molar-refractivity contribution < 1.29 is 17.9 Å². The Morgan fingerprint density at radius 1 is 1.03 bits per heavy atom. The highest BCUT2D eigenvalue weighted by Gasteiger charge is 2.28. The second-order valence-corrected chi connectivity index (χ2v) is 8.83. The van der Waals surface area contributed by atoms with Gasteiger partial charge in [-0.1, -0.05) is 47.5 Å². The van der Waals surface area contributed by atoms with E-state index in [0.717, 1.165) is 9.87 Å². The lowest BCUT2D eigenvalue weighted by Gasteiger charge is -2.25. The minimum absolute atomic E-state index is 0.0715. The summed E-state index contributed by atoms with van der Waals surface area (Å²) in [5, 5.41) is 2.93. The van der Waals surface area contributed by atoms with Crippen molar-refractivity contribution in [3.63, 3.8) is 0 Å². The van der Waals surface area contributed by atoms with E-state index < -0.39 is 22.5 Å². The topological polar surface area (TPSA) is 75.7 Å². The molecule has 0 unspecified atom stereocenters. The molecule has 0 aliphatic rings. The second kappa shape index (κ2) is 9.19. The van der Waals surface area contributed by atoms with Gasteiger partial charge in [0.2, 0.25) is 5.91 Å². The maximum atomic E-state index is 13.4. The Balaban J connectivity index is 1.95. The summed E-state index contributed by atoms with van der Waals surface area (Å²) in [5.41, 5.74) is 1.64. The molecule has 1 N–H and O–H groups in total. The Bertz CT molecular complexity index is 1150. The van der Waals surface area contributed by atoms with Gasteiger partial charge in [-0.25, -0.2) is 8.42 Å². The van der Waals surface area contributed by atoms with E-state index in [4.69, 9.17) is 16.3 Å². The molecule has 0 atom stereocenters. The zero-order chi connectivity index (χ0) is 21.7. The summed E-state index contributed by atoms with van der Waals surface area (Å²) >= 11 is 6.27. The van der Waals surface area contributed by atoms with Gasteiger partial charge >= 0.3 is 0 Å². The number of methoxy groups -OCH3 is 1. The quantitative estimate of drug-likeness (QED) is 0.582. The van der Waals surface area contributed by atoms with E-state index in [1.165, 1.54) is 19.2 Å². The van der Waals surface area contributed by atoms with Crippen LogP contribution < -0.4 is 14.4 Å². The number of hydrogen-bond acceptors (Lipinski definition) is 4. The van der Waals surface area contributed by atoms with E-state index >= 15 is 0 Å². The molecule has 0 heterocycles. The largest absolute Gasteiger partial charge is 0.497 e. The smallest absolute Gasteiger partial charge is 0.264 e. The number of carbonyl (C=O) groups is 1. The number of halogens is 1. The number of nitrogens with zero attached hydrogens (tertiary/aromatic N) is 1. The average Bonchev–Trinajstić information content (AvgIpc) is 2.73. The zero-order valence-electron chi connectivity index (χ0n) is 16.5. The number of ether oxygens (including phenoxy) is 1. The van der Waals surface area contributed by atoms with Crippen molar-refractivity contribution >= 4 is 38.9 Å². The number of carbonyl (C=O) groups excluding carboxylic acids is 1. The lowest BCUT2D eigenvalue weighted by atomic mass is 10.2. The molecule has 0 aliphatic heterocycles. The fraction of sp³-hybridized carbons (Fsp3) is 0.136. The molecule has 156 valence electrons. The molecule has 30 heavy (non-hydrogen) atoms. The summed E-state index contributed by atoms with van der Waals surface area (Å²) < 4.78 is 32.9. The summed E-state index contributed by atoms with van der Waals surface area (Å²) in [7, 11) is -2.51. The molecule has 8 heteroatoms. The predicted octanol–water partition coefficient (Wildman–Crippen LogP) is 4.49. The molecule has 0 aliphatic carbocycles. The molecule has 0 bridgehead atoms. The lowest BCUT2D eigenvalue weighted by molar-refractivity contribution is -0.114. The zero-order valence-corrected chi connectivity index (χ0v) is 18.1. The molecule has 0 radical (unpaired) electrons. The van der Waals surface area contributed by atoms with E-state index in [9.17, 15) is 13.2 Å². The minimum atomic E-state index is -4.03. The van der Waals surface area contributed by atoms with Crippen LogP contribution in [0, 0.1) is 6.92 Å². The molecular formula is C22H21ClN2O4S. The number of sulfonamides is 1. The molecule has 3 aromatic carbocycles. The molecule has 3 rings (SSSR count). The number of hydrogen-bond donors (Lipinski definition) is 1. The van der Waals surface area contributed by atoms with Crippen LogP contribution in [0.3, 0.4) is 0 Å². The molecule has 0 fully saturated rings. The molecular weight excluding hydrogens is 424 g/mol. The first-order valence-corrected chi connectivity index (χ1v) is 10.9. The van der Waals surface area contributed by atoms with E-state index in [0.29, 0.717) is 11.4 Å². The van der Waals surface area contributed by atoms with Gasteiger partial charge in [-0.3, -0.25) is 9.10 Å². The Kier molecular flexibility index (Phi) is 6.64. The van der Waals surface area contributed by atoms with E-state index in [2.05, 4.69) is 5.32 Å². The van der Waals surface area contributed by atoms with Gasteiger partial charge in [-0.2, -0.15) is 0 Å². The number of rotatable bonds is 7. The van der Waals surface area contributed by atoms with Crippen molar-refractivity contribution in [1.29, 1.82) is 0 Å². The van der Waals surface area contributed by atoms with E-state index in [-0.39, 0.29) is 15.6 Å².